The van der Waals surface area contributed by atoms with Crippen molar-refractivity contribution in [2.75, 3.05) is 19.7 Å². The molecule has 3 rings (SSSR count). The van der Waals surface area contributed by atoms with Crippen LogP contribution in [0.2, 0.25) is 5.02 Å². The van der Waals surface area contributed by atoms with Gasteiger partial charge in [-0.3, -0.25) is 4.79 Å². The summed E-state index contributed by atoms with van der Waals surface area (Å²) in [6, 6.07) is 6.83. The van der Waals surface area contributed by atoms with Crippen LogP contribution in [0.1, 0.15) is 30.5 Å². The van der Waals surface area contributed by atoms with Crippen LogP contribution in [0.15, 0.2) is 28.7 Å². The number of piperidine rings is 1. The van der Waals surface area contributed by atoms with E-state index in [0.717, 1.165) is 0 Å². The van der Waals surface area contributed by atoms with Gasteiger partial charge in [0, 0.05) is 29.7 Å². The molecule has 2 heterocycles. The quantitative estimate of drug-likeness (QED) is 0.878. The molecule has 1 fully saturated rings. The third-order valence-corrected chi connectivity index (χ3v) is 4.32. The minimum Gasteiger partial charge on any atom is -0.450 e. The van der Waals surface area contributed by atoms with E-state index in [0.29, 0.717) is 43.1 Å². The number of carbonyl (C=O) groups is 2. The number of hydrogen-bond acceptors (Lipinski definition) is 6. The first-order chi connectivity index (χ1) is 12.6. The lowest BCUT2D eigenvalue weighted by molar-refractivity contribution is 0.0836. The van der Waals surface area contributed by atoms with E-state index in [9.17, 15) is 9.59 Å². The lowest BCUT2D eigenvalue weighted by Crippen LogP contribution is -2.46. The van der Waals surface area contributed by atoms with Gasteiger partial charge in [0.1, 0.15) is 0 Å². The molecule has 0 saturated carbocycles. The minimum atomic E-state index is -0.424. The highest BCUT2D eigenvalue weighted by Gasteiger charge is 2.26. The second-order valence-corrected chi connectivity index (χ2v) is 6.29. The summed E-state index contributed by atoms with van der Waals surface area (Å²) in [6.45, 7) is 3.18. The topological polar surface area (TPSA) is 97.6 Å². The van der Waals surface area contributed by atoms with Gasteiger partial charge < -0.3 is 19.4 Å². The summed E-state index contributed by atoms with van der Waals surface area (Å²) in [5.74, 6) is -0.265. The predicted octanol–water partition coefficient (Wildman–Crippen LogP) is 2.74. The van der Waals surface area contributed by atoms with Crippen molar-refractivity contribution in [1.29, 1.82) is 0 Å². The standard InChI is InChI=1S/C17H19ClN4O4/c1-2-25-17(24)22-9-7-13(8-10-22)19-14(23)16-21-20-15(26-16)11-3-5-12(18)6-4-11/h3-6,13H,2,7-10H2,1H3,(H,19,23). The summed E-state index contributed by atoms with van der Waals surface area (Å²) >= 11 is 5.85. The van der Waals surface area contributed by atoms with Crippen LogP contribution in [0.25, 0.3) is 11.5 Å². The largest absolute Gasteiger partial charge is 0.450 e. The molecule has 1 aromatic carbocycles. The van der Waals surface area contributed by atoms with Gasteiger partial charge in [-0.05, 0) is 44.0 Å². The lowest BCUT2D eigenvalue weighted by Gasteiger charge is -2.31. The Bertz CT molecular complexity index is 769. The molecule has 0 spiro atoms. The molecule has 9 heteroatoms. The molecule has 1 aliphatic heterocycles. The van der Waals surface area contributed by atoms with Crippen molar-refractivity contribution >= 4 is 23.6 Å². The first kappa shape index (κ1) is 18.2. The smallest absolute Gasteiger partial charge is 0.409 e. The van der Waals surface area contributed by atoms with Crippen LogP contribution < -0.4 is 5.32 Å². The third-order valence-electron chi connectivity index (χ3n) is 4.07. The zero-order chi connectivity index (χ0) is 18.5. The van der Waals surface area contributed by atoms with E-state index in [1.807, 2.05) is 0 Å². The molecule has 138 valence electrons. The molecule has 2 aromatic rings. The number of nitrogens with one attached hydrogen (secondary N) is 1. The lowest BCUT2D eigenvalue weighted by atomic mass is 10.1. The zero-order valence-electron chi connectivity index (χ0n) is 14.3. The molecule has 1 aliphatic rings. The first-order valence-corrected chi connectivity index (χ1v) is 8.76. The zero-order valence-corrected chi connectivity index (χ0v) is 15.0. The maximum absolute atomic E-state index is 12.3. The summed E-state index contributed by atoms with van der Waals surface area (Å²) in [7, 11) is 0. The summed E-state index contributed by atoms with van der Waals surface area (Å²) in [5.41, 5.74) is 0.684. The Balaban J connectivity index is 1.55. The van der Waals surface area contributed by atoms with E-state index in [1.165, 1.54) is 0 Å². The Hall–Kier alpha value is -2.61. The number of amides is 2. The normalized spacial score (nSPS) is 14.9. The molecule has 0 radical (unpaired) electrons. The SMILES string of the molecule is CCOC(=O)N1CCC(NC(=O)c2nnc(-c3ccc(Cl)cc3)o2)CC1. The van der Waals surface area contributed by atoms with Gasteiger partial charge in [-0.25, -0.2) is 4.79 Å². The molecule has 0 atom stereocenters. The highest BCUT2D eigenvalue weighted by atomic mass is 35.5. The van der Waals surface area contributed by atoms with Gasteiger partial charge in [0.05, 0.1) is 6.61 Å². The van der Waals surface area contributed by atoms with Gasteiger partial charge in [0.25, 0.3) is 0 Å². The fourth-order valence-corrected chi connectivity index (χ4v) is 2.82. The van der Waals surface area contributed by atoms with Crippen LogP contribution in [0.4, 0.5) is 4.79 Å². The Morgan fingerprint density at radius 3 is 2.62 bits per heavy atom. The minimum absolute atomic E-state index is 0.0564. The van der Waals surface area contributed by atoms with Crippen molar-refractivity contribution in [2.24, 2.45) is 0 Å². The maximum Gasteiger partial charge on any atom is 0.409 e. The molecule has 0 unspecified atom stereocenters. The van der Waals surface area contributed by atoms with E-state index in [1.54, 1.807) is 36.1 Å². The maximum atomic E-state index is 12.3. The first-order valence-electron chi connectivity index (χ1n) is 8.39. The second-order valence-electron chi connectivity index (χ2n) is 5.85. The molecule has 1 saturated heterocycles. The molecular weight excluding hydrogens is 360 g/mol. The average molecular weight is 379 g/mol. The molecule has 26 heavy (non-hydrogen) atoms. The van der Waals surface area contributed by atoms with Crippen molar-refractivity contribution in [2.45, 2.75) is 25.8 Å². The van der Waals surface area contributed by atoms with Crippen molar-refractivity contribution in [1.82, 2.24) is 20.4 Å². The number of rotatable bonds is 4. The van der Waals surface area contributed by atoms with Crippen LogP contribution in [0.5, 0.6) is 0 Å². The van der Waals surface area contributed by atoms with Crippen molar-refractivity contribution < 1.29 is 18.7 Å². The Morgan fingerprint density at radius 1 is 1.27 bits per heavy atom. The van der Waals surface area contributed by atoms with E-state index < -0.39 is 5.91 Å². The summed E-state index contributed by atoms with van der Waals surface area (Å²) in [6.07, 6.45) is 0.965. The van der Waals surface area contributed by atoms with Crippen molar-refractivity contribution in [3.05, 3.63) is 35.2 Å². The van der Waals surface area contributed by atoms with Crippen LogP contribution in [-0.4, -0.2) is 52.8 Å². The molecule has 8 nitrogen and oxygen atoms in total. The average Bonchev–Trinajstić information content (AvgIpc) is 3.13. The van der Waals surface area contributed by atoms with Crippen LogP contribution in [-0.2, 0) is 4.74 Å². The summed E-state index contributed by atoms with van der Waals surface area (Å²) in [5, 5.41) is 11.2. The Kier molecular flexibility index (Phi) is 5.72. The van der Waals surface area contributed by atoms with Crippen LogP contribution in [0.3, 0.4) is 0 Å². The number of benzene rings is 1. The van der Waals surface area contributed by atoms with Crippen LogP contribution in [0, 0.1) is 0 Å². The highest BCUT2D eigenvalue weighted by molar-refractivity contribution is 6.30. The number of hydrogen-bond donors (Lipinski definition) is 1. The number of nitrogens with zero attached hydrogens (tertiary/aromatic N) is 3. The monoisotopic (exact) mass is 378 g/mol. The number of halogens is 1. The predicted molar refractivity (Wildman–Crippen MR) is 93.8 cm³/mol. The Morgan fingerprint density at radius 2 is 1.96 bits per heavy atom. The molecule has 1 N–H and O–H groups in total. The molecule has 0 bridgehead atoms. The fraction of sp³-hybridized carbons (Fsp3) is 0.412. The van der Waals surface area contributed by atoms with Gasteiger partial charge in [-0.2, -0.15) is 0 Å². The molecule has 0 aliphatic carbocycles. The number of likely N-dealkylation sites (tertiary alicyclic amines) is 1. The van der Waals surface area contributed by atoms with Crippen LogP contribution >= 0.6 is 11.6 Å². The highest BCUT2D eigenvalue weighted by Crippen LogP contribution is 2.20. The van der Waals surface area contributed by atoms with Crippen molar-refractivity contribution in [3.63, 3.8) is 0 Å². The fourth-order valence-electron chi connectivity index (χ4n) is 2.69. The second kappa shape index (κ2) is 8.18. The third kappa shape index (κ3) is 4.32. The van der Waals surface area contributed by atoms with Gasteiger partial charge in [-0.15, -0.1) is 10.2 Å². The van der Waals surface area contributed by atoms with E-state index in [2.05, 4.69) is 15.5 Å². The van der Waals surface area contributed by atoms with Gasteiger partial charge in [0.15, 0.2) is 0 Å². The van der Waals surface area contributed by atoms with E-state index in [-0.39, 0.29) is 23.9 Å². The number of ether oxygens (including phenoxy) is 1. The number of aromatic nitrogens is 2. The summed E-state index contributed by atoms with van der Waals surface area (Å²) < 4.78 is 10.4. The molecule has 2 amide bonds. The molecular formula is C17H19ClN4O4. The van der Waals surface area contributed by atoms with Gasteiger partial charge in [0.2, 0.25) is 5.89 Å². The van der Waals surface area contributed by atoms with E-state index >= 15 is 0 Å². The Labute approximate surface area is 155 Å². The molecule has 1 aromatic heterocycles. The number of carbonyl (C=O) groups excluding carboxylic acids is 2. The summed E-state index contributed by atoms with van der Waals surface area (Å²) in [4.78, 5) is 25.6. The van der Waals surface area contributed by atoms with Crippen molar-refractivity contribution in [3.8, 4) is 11.5 Å². The van der Waals surface area contributed by atoms with Gasteiger partial charge >= 0.3 is 17.9 Å². The van der Waals surface area contributed by atoms with Gasteiger partial charge in [-0.1, -0.05) is 11.6 Å². The van der Waals surface area contributed by atoms with E-state index in [4.69, 9.17) is 20.8 Å².